The third kappa shape index (κ3) is 6.49. The molecule has 1 amide bonds. The summed E-state index contributed by atoms with van der Waals surface area (Å²) in [6.45, 7) is 10.9. The Balaban J connectivity index is 1.63. The first kappa shape index (κ1) is 32.7. The average Bonchev–Trinajstić information content (AvgIpc) is 3.32. The van der Waals surface area contributed by atoms with E-state index in [9.17, 15) is 9.59 Å². The molecule has 5 atom stereocenters. The number of hydrogen-bond donors (Lipinski definition) is 0. The van der Waals surface area contributed by atoms with Crippen molar-refractivity contribution in [3.8, 4) is 5.88 Å². The molecule has 0 unspecified atom stereocenters. The molecule has 44 heavy (non-hydrogen) atoms. The number of ether oxygens (including phenoxy) is 4. The highest BCUT2D eigenvalue weighted by Gasteiger charge is 2.60. The summed E-state index contributed by atoms with van der Waals surface area (Å²) in [6, 6.07) is 6.38. The number of aromatic nitrogens is 1. The van der Waals surface area contributed by atoms with E-state index in [2.05, 4.69) is 31.8 Å². The molecule has 2 aromatic rings. The molecule has 1 aromatic carbocycles. The maximum atomic E-state index is 14.5. The lowest BCUT2D eigenvalue weighted by Crippen LogP contribution is -2.51. The maximum absolute atomic E-state index is 14.5. The van der Waals surface area contributed by atoms with E-state index in [1.807, 2.05) is 31.3 Å². The summed E-state index contributed by atoms with van der Waals surface area (Å²) in [4.78, 5) is 34.8. The Morgan fingerprint density at radius 2 is 1.91 bits per heavy atom. The number of hydrogen-bond acceptors (Lipinski definition) is 7. The lowest BCUT2D eigenvalue weighted by Gasteiger charge is -2.36. The minimum Gasteiger partial charge on any atom is -0.481 e. The minimum absolute atomic E-state index is 0.206. The Kier molecular flexibility index (Phi) is 10.2. The molecule has 5 rings (SSSR count). The van der Waals surface area contributed by atoms with E-state index in [-0.39, 0.29) is 19.1 Å². The second kappa shape index (κ2) is 13.8. The van der Waals surface area contributed by atoms with E-state index in [1.165, 1.54) is 12.0 Å². The molecule has 0 radical (unpaired) electrons. The number of likely N-dealkylation sites (tertiary alicyclic amines) is 1. The second-order valence-electron chi connectivity index (χ2n) is 13.4. The van der Waals surface area contributed by atoms with Crippen LogP contribution < -0.4 is 4.74 Å². The molecule has 1 aliphatic carbocycles. The van der Waals surface area contributed by atoms with Gasteiger partial charge in [0.25, 0.3) is 5.91 Å². The Morgan fingerprint density at radius 3 is 2.52 bits per heavy atom. The van der Waals surface area contributed by atoms with E-state index in [0.717, 1.165) is 42.4 Å². The van der Waals surface area contributed by atoms with E-state index in [1.54, 1.807) is 18.9 Å². The van der Waals surface area contributed by atoms with Gasteiger partial charge in [-0.3, -0.25) is 4.79 Å². The second-order valence-corrected chi connectivity index (χ2v) is 13.8. The molecule has 9 heteroatoms. The number of nitrogens with zero attached hydrogens (tertiary/aromatic N) is 2. The molecule has 2 saturated heterocycles. The first-order valence-corrected chi connectivity index (χ1v) is 16.4. The van der Waals surface area contributed by atoms with Gasteiger partial charge in [0.1, 0.15) is 12.1 Å². The molecular formula is C35H47ClN2O6. The predicted octanol–water partition coefficient (Wildman–Crippen LogP) is 6.95. The number of rotatable bonds is 9. The van der Waals surface area contributed by atoms with Gasteiger partial charge in [-0.25, -0.2) is 9.78 Å². The van der Waals surface area contributed by atoms with Crippen LogP contribution in [0.3, 0.4) is 0 Å². The highest BCUT2D eigenvalue weighted by molar-refractivity contribution is 6.31. The molecule has 0 N–H and O–H groups in total. The number of carbonyl (C=O) groups is 2. The summed E-state index contributed by atoms with van der Waals surface area (Å²) in [5.41, 5.74) is 3.29. The number of carbonyl (C=O) groups excluding carboxylic acids is 2. The summed E-state index contributed by atoms with van der Waals surface area (Å²) < 4.78 is 24.3. The number of amides is 1. The first-order valence-electron chi connectivity index (χ1n) is 16.1. The molecule has 3 aliphatic rings. The van der Waals surface area contributed by atoms with Crippen LogP contribution in [0.15, 0.2) is 30.5 Å². The van der Waals surface area contributed by atoms with Crippen molar-refractivity contribution in [2.75, 3.05) is 20.3 Å². The number of benzene rings is 1. The summed E-state index contributed by atoms with van der Waals surface area (Å²) in [5, 5.41) is 0.591. The normalized spacial score (nSPS) is 25.9. The van der Waals surface area contributed by atoms with Crippen LogP contribution in [0.4, 0.5) is 0 Å². The van der Waals surface area contributed by atoms with Crippen molar-refractivity contribution in [2.24, 2.45) is 11.3 Å². The van der Waals surface area contributed by atoms with Crippen LogP contribution in [0.2, 0.25) is 5.02 Å². The minimum atomic E-state index is -0.873. The van der Waals surface area contributed by atoms with Gasteiger partial charge in [-0.15, -0.1) is 0 Å². The lowest BCUT2D eigenvalue weighted by atomic mass is 9.73. The molecule has 8 nitrogen and oxygen atoms in total. The molecule has 0 bridgehead atoms. The van der Waals surface area contributed by atoms with E-state index < -0.39 is 41.6 Å². The van der Waals surface area contributed by atoms with Crippen LogP contribution in [-0.2, 0) is 30.4 Å². The van der Waals surface area contributed by atoms with Crippen molar-refractivity contribution in [3.63, 3.8) is 0 Å². The van der Waals surface area contributed by atoms with Crippen LogP contribution in [0, 0.1) is 18.3 Å². The van der Waals surface area contributed by atoms with Crippen LogP contribution in [0.1, 0.15) is 100 Å². The quantitative estimate of drug-likeness (QED) is 0.278. The molecule has 3 fully saturated rings. The fourth-order valence-corrected chi connectivity index (χ4v) is 7.31. The number of halogens is 1. The van der Waals surface area contributed by atoms with E-state index in [4.69, 9.17) is 30.5 Å². The van der Waals surface area contributed by atoms with Crippen molar-refractivity contribution >= 4 is 23.5 Å². The standard InChI is InChI=1S/C35H47ClN2O6/c1-7-42-34(40)30-28(35(3,4)5)31(44-20-24-18-23(22-12-10-13-22)19-37-32(24)41-6)29(25-14-11-15-26(36)21(25)2)38(30)33(39)27-16-8-9-17-43-27/h11,14-15,18-19,22,27-31H,7-10,12-13,16-17,20H2,1-6H3/t27-,28-,29-,30-,31-/m0/s1. The van der Waals surface area contributed by atoms with Crippen molar-refractivity contribution in [1.82, 2.24) is 9.88 Å². The zero-order chi connectivity index (χ0) is 31.6. The average molecular weight is 627 g/mol. The molecule has 1 aromatic heterocycles. The fourth-order valence-electron chi connectivity index (χ4n) is 7.13. The van der Waals surface area contributed by atoms with Crippen LogP contribution >= 0.6 is 11.6 Å². The maximum Gasteiger partial charge on any atom is 0.329 e. The summed E-state index contributed by atoms with van der Waals surface area (Å²) in [5.74, 6) is -0.0255. The number of esters is 1. The number of pyridine rings is 1. The summed E-state index contributed by atoms with van der Waals surface area (Å²) in [6.07, 6.45) is 6.64. The van der Waals surface area contributed by atoms with Crippen LogP contribution in [-0.4, -0.2) is 60.3 Å². The van der Waals surface area contributed by atoms with Gasteiger partial charge in [0, 0.05) is 29.3 Å². The van der Waals surface area contributed by atoms with E-state index >= 15 is 0 Å². The Bertz CT molecular complexity index is 1330. The topological polar surface area (TPSA) is 87.2 Å². The highest BCUT2D eigenvalue weighted by atomic mass is 35.5. The van der Waals surface area contributed by atoms with Crippen molar-refractivity contribution in [2.45, 2.75) is 110 Å². The summed E-state index contributed by atoms with van der Waals surface area (Å²) >= 11 is 6.68. The van der Waals surface area contributed by atoms with Gasteiger partial charge in [-0.05, 0) is 86.1 Å². The molecule has 240 valence electrons. The first-order chi connectivity index (χ1) is 21.1. The summed E-state index contributed by atoms with van der Waals surface area (Å²) in [7, 11) is 1.61. The Labute approximate surface area is 266 Å². The van der Waals surface area contributed by atoms with Crippen LogP contribution in [0.5, 0.6) is 5.88 Å². The smallest absolute Gasteiger partial charge is 0.329 e. The third-order valence-electron chi connectivity index (χ3n) is 9.62. The molecular weight excluding hydrogens is 580 g/mol. The van der Waals surface area contributed by atoms with Gasteiger partial charge in [-0.2, -0.15) is 0 Å². The van der Waals surface area contributed by atoms with Gasteiger partial charge in [0.15, 0.2) is 0 Å². The molecule has 0 spiro atoms. The van der Waals surface area contributed by atoms with Crippen LogP contribution in [0.25, 0.3) is 0 Å². The SMILES string of the molecule is CCOC(=O)[C@@H]1[C@H](C(C)(C)C)[C@H](OCc2cc(C3CCC3)cnc2OC)[C@H](c2cccc(Cl)c2C)N1C(=O)[C@@H]1CCCCO1. The third-order valence-corrected chi connectivity index (χ3v) is 10.0. The van der Waals surface area contributed by atoms with Gasteiger partial charge in [0.05, 0.1) is 32.5 Å². The molecule has 1 saturated carbocycles. The predicted molar refractivity (Wildman–Crippen MR) is 169 cm³/mol. The molecule has 2 aliphatic heterocycles. The van der Waals surface area contributed by atoms with Crippen molar-refractivity contribution in [3.05, 3.63) is 57.7 Å². The Morgan fingerprint density at radius 1 is 1.14 bits per heavy atom. The Hall–Kier alpha value is -2.68. The zero-order valence-electron chi connectivity index (χ0n) is 26.9. The van der Waals surface area contributed by atoms with Gasteiger partial charge >= 0.3 is 5.97 Å². The zero-order valence-corrected chi connectivity index (χ0v) is 27.7. The fraction of sp³-hybridized carbons (Fsp3) is 0.629. The monoisotopic (exact) mass is 626 g/mol. The van der Waals surface area contributed by atoms with Gasteiger partial charge in [0.2, 0.25) is 5.88 Å². The lowest BCUT2D eigenvalue weighted by molar-refractivity contribution is -0.162. The van der Waals surface area contributed by atoms with Gasteiger partial charge < -0.3 is 23.8 Å². The van der Waals surface area contributed by atoms with Crippen molar-refractivity contribution < 1.29 is 28.5 Å². The number of methoxy groups -OCH3 is 1. The largest absolute Gasteiger partial charge is 0.481 e. The van der Waals surface area contributed by atoms with Crippen molar-refractivity contribution in [1.29, 1.82) is 0 Å². The van der Waals surface area contributed by atoms with E-state index in [0.29, 0.717) is 29.8 Å². The van der Waals surface area contributed by atoms with Gasteiger partial charge in [-0.1, -0.05) is 50.9 Å². The highest BCUT2D eigenvalue weighted by Crippen LogP contribution is 2.51. The molecule has 3 heterocycles.